The SMILES string of the molecule is Cc1ccc(NC(=O)N2C3CCCC2C3)cc1C1CC1. The maximum atomic E-state index is 12.4. The van der Waals surface area contributed by atoms with Crippen LogP contribution >= 0.6 is 0 Å². The van der Waals surface area contributed by atoms with E-state index in [2.05, 4.69) is 29.3 Å². The smallest absolute Gasteiger partial charge is 0.318 e. The van der Waals surface area contributed by atoms with Gasteiger partial charge in [-0.15, -0.1) is 0 Å². The monoisotopic (exact) mass is 270 g/mol. The predicted octanol–water partition coefficient (Wildman–Crippen LogP) is 4.03. The summed E-state index contributed by atoms with van der Waals surface area (Å²) < 4.78 is 0. The lowest BCUT2D eigenvalue weighted by atomic mass is 9.80. The number of nitrogens with one attached hydrogen (secondary N) is 1. The van der Waals surface area contributed by atoms with E-state index in [4.69, 9.17) is 0 Å². The van der Waals surface area contributed by atoms with Gasteiger partial charge in [0.2, 0.25) is 0 Å². The van der Waals surface area contributed by atoms with E-state index in [0.29, 0.717) is 12.1 Å². The Kier molecular flexibility index (Phi) is 2.76. The standard InChI is InChI=1S/C17H22N2O/c1-11-5-8-13(9-16(11)12-6-7-12)18-17(20)19-14-3-2-4-15(19)10-14/h5,8-9,12,14-15H,2-4,6-7,10H2,1H3,(H,18,20). The van der Waals surface area contributed by atoms with E-state index in [9.17, 15) is 4.79 Å². The number of hydrogen-bond acceptors (Lipinski definition) is 1. The molecule has 3 aliphatic rings. The highest BCUT2D eigenvalue weighted by molar-refractivity contribution is 5.90. The number of benzene rings is 1. The molecule has 106 valence electrons. The average Bonchev–Trinajstić information content (AvgIpc) is 3.26. The minimum atomic E-state index is 0.108. The Morgan fingerprint density at radius 2 is 1.95 bits per heavy atom. The molecule has 2 unspecified atom stereocenters. The Balaban J connectivity index is 1.48. The van der Waals surface area contributed by atoms with E-state index in [1.165, 1.54) is 49.7 Å². The summed E-state index contributed by atoms with van der Waals surface area (Å²) in [6.45, 7) is 2.17. The van der Waals surface area contributed by atoms with Crippen molar-refractivity contribution in [2.75, 3.05) is 5.32 Å². The van der Waals surface area contributed by atoms with Gasteiger partial charge < -0.3 is 10.2 Å². The third-order valence-corrected chi connectivity index (χ3v) is 5.19. The van der Waals surface area contributed by atoms with Crippen molar-refractivity contribution >= 4 is 11.7 Å². The molecule has 20 heavy (non-hydrogen) atoms. The molecule has 2 bridgehead atoms. The molecule has 1 N–H and O–H groups in total. The fourth-order valence-electron chi connectivity index (χ4n) is 3.88. The first-order chi connectivity index (χ1) is 9.72. The molecular formula is C17H22N2O. The fourth-order valence-corrected chi connectivity index (χ4v) is 3.88. The van der Waals surface area contributed by atoms with Crippen molar-refractivity contribution in [2.24, 2.45) is 0 Å². The van der Waals surface area contributed by atoms with E-state index in [1.807, 2.05) is 6.07 Å². The van der Waals surface area contributed by atoms with Gasteiger partial charge in [-0.3, -0.25) is 0 Å². The third kappa shape index (κ3) is 2.00. The maximum absolute atomic E-state index is 12.4. The number of urea groups is 1. The number of amides is 2. The summed E-state index contributed by atoms with van der Waals surface area (Å²) in [6, 6.07) is 7.47. The van der Waals surface area contributed by atoms with Crippen molar-refractivity contribution in [3.63, 3.8) is 0 Å². The lowest BCUT2D eigenvalue weighted by Crippen LogP contribution is -2.62. The van der Waals surface area contributed by atoms with Crippen molar-refractivity contribution in [1.29, 1.82) is 0 Å². The summed E-state index contributed by atoms with van der Waals surface area (Å²) in [5, 5.41) is 3.11. The molecule has 1 aliphatic carbocycles. The predicted molar refractivity (Wildman–Crippen MR) is 80.1 cm³/mol. The molecule has 2 amide bonds. The number of carbonyl (C=O) groups excluding carboxylic acids is 1. The number of aryl methyl sites for hydroxylation is 1. The van der Waals surface area contributed by atoms with E-state index in [-0.39, 0.29) is 6.03 Å². The first kappa shape index (κ1) is 12.2. The number of carbonyl (C=O) groups is 1. The molecule has 2 aliphatic heterocycles. The van der Waals surface area contributed by atoms with E-state index < -0.39 is 0 Å². The molecule has 2 atom stereocenters. The summed E-state index contributed by atoms with van der Waals surface area (Å²) in [4.78, 5) is 14.5. The number of rotatable bonds is 2. The van der Waals surface area contributed by atoms with Gasteiger partial charge in [0.1, 0.15) is 0 Å². The second kappa shape index (κ2) is 4.51. The zero-order valence-corrected chi connectivity index (χ0v) is 12.1. The van der Waals surface area contributed by atoms with Crippen LogP contribution in [0.15, 0.2) is 18.2 Å². The molecule has 1 saturated carbocycles. The number of hydrogen-bond donors (Lipinski definition) is 1. The summed E-state index contributed by atoms with van der Waals surface area (Å²) in [6.07, 6.45) is 7.48. The molecule has 3 fully saturated rings. The molecule has 2 saturated heterocycles. The van der Waals surface area contributed by atoms with Crippen LogP contribution in [0.5, 0.6) is 0 Å². The lowest BCUT2D eigenvalue weighted by molar-refractivity contribution is 0.0173. The molecule has 1 aromatic carbocycles. The third-order valence-electron chi connectivity index (χ3n) is 5.19. The van der Waals surface area contributed by atoms with Crippen LogP contribution < -0.4 is 5.32 Å². The second-order valence-electron chi connectivity index (χ2n) is 6.66. The van der Waals surface area contributed by atoms with Gasteiger partial charge in [0, 0.05) is 17.8 Å². The molecule has 3 heteroatoms. The Morgan fingerprint density at radius 1 is 1.20 bits per heavy atom. The second-order valence-corrected chi connectivity index (χ2v) is 6.66. The average molecular weight is 270 g/mol. The van der Waals surface area contributed by atoms with E-state index in [1.54, 1.807) is 0 Å². The normalized spacial score (nSPS) is 27.9. The van der Waals surface area contributed by atoms with Gasteiger partial charge in [-0.25, -0.2) is 4.79 Å². The van der Waals surface area contributed by atoms with Crippen LogP contribution in [-0.4, -0.2) is 23.0 Å². The van der Waals surface area contributed by atoms with Crippen molar-refractivity contribution in [3.8, 4) is 0 Å². The highest BCUT2D eigenvalue weighted by Crippen LogP contribution is 2.42. The van der Waals surface area contributed by atoms with Crippen LogP contribution in [-0.2, 0) is 0 Å². The van der Waals surface area contributed by atoms with Crippen LogP contribution in [0.25, 0.3) is 0 Å². The van der Waals surface area contributed by atoms with Gasteiger partial charge in [0.25, 0.3) is 0 Å². The highest BCUT2D eigenvalue weighted by Gasteiger charge is 2.44. The van der Waals surface area contributed by atoms with Crippen LogP contribution in [0.1, 0.15) is 55.6 Å². The number of nitrogens with zero attached hydrogens (tertiary/aromatic N) is 1. The molecule has 0 radical (unpaired) electrons. The number of piperidine rings is 1. The largest absolute Gasteiger partial charge is 0.322 e. The first-order valence-corrected chi connectivity index (χ1v) is 7.92. The zero-order valence-electron chi connectivity index (χ0n) is 12.1. The van der Waals surface area contributed by atoms with Gasteiger partial charge in [-0.05, 0) is 74.6 Å². The van der Waals surface area contributed by atoms with Crippen LogP contribution in [0.3, 0.4) is 0 Å². The van der Waals surface area contributed by atoms with Crippen LogP contribution in [0.4, 0.5) is 10.5 Å². The summed E-state index contributed by atoms with van der Waals surface area (Å²) in [7, 11) is 0. The van der Waals surface area contributed by atoms with Gasteiger partial charge in [-0.1, -0.05) is 6.07 Å². The highest BCUT2D eigenvalue weighted by atomic mass is 16.2. The molecule has 3 nitrogen and oxygen atoms in total. The Hall–Kier alpha value is -1.51. The summed E-state index contributed by atoms with van der Waals surface area (Å²) in [5.41, 5.74) is 3.74. The van der Waals surface area contributed by atoms with Crippen LogP contribution in [0, 0.1) is 6.92 Å². The van der Waals surface area contributed by atoms with Gasteiger partial charge in [0.15, 0.2) is 0 Å². The Labute approximate surface area is 120 Å². The van der Waals surface area contributed by atoms with Crippen LogP contribution in [0.2, 0.25) is 0 Å². The first-order valence-electron chi connectivity index (χ1n) is 7.92. The minimum Gasteiger partial charge on any atom is -0.318 e. The summed E-state index contributed by atoms with van der Waals surface area (Å²) >= 11 is 0. The molecule has 0 aromatic heterocycles. The molecule has 4 rings (SSSR count). The van der Waals surface area contributed by atoms with Crippen molar-refractivity contribution in [1.82, 2.24) is 4.90 Å². The van der Waals surface area contributed by atoms with Crippen molar-refractivity contribution < 1.29 is 4.79 Å². The summed E-state index contributed by atoms with van der Waals surface area (Å²) in [5.74, 6) is 0.732. The molecule has 2 heterocycles. The molecule has 1 aromatic rings. The van der Waals surface area contributed by atoms with Gasteiger partial charge in [0.05, 0.1) is 0 Å². The quantitative estimate of drug-likeness (QED) is 0.864. The van der Waals surface area contributed by atoms with Gasteiger partial charge in [-0.2, -0.15) is 0 Å². The topological polar surface area (TPSA) is 32.3 Å². The molecular weight excluding hydrogens is 248 g/mol. The van der Waals surface area contributed by atoms with Crippen molar-refractivity contribution in [3.05, 3.63) is 29.3 Å². The Morgan fingerprint density at radius 3 is 2.60 bits per heavy atom. The maximum Gasteiger partial charge on any atom is 0.322 e. The Bertz CT molecular complexity index is 536. The number of anilines is 1. The zero-order chi connectivity index (χ0) is 13.7. The number of fused-ring (bicyclic) bond motifs is 2. The van der Waals surface area contributed by atoms with Gasteiger partial charge >= 0.3 is 6.03 Å². The van der Waals surface area contributed by atoms with E-state index >= 15 is 0 Å². The van der Waals surface area contributed by atoms with E-state index in [0.717, 1.165) is 11.6 Å². The molecule has 0 spiro atoms. The lowest BCUT2D eigenvalue weighted by Gasteiger charge is -2.52. The minimum absolute atomic E-state index is 0.108. The fraction of sp³-hybridized carbons (Fsp3) is 0.588. The van der Waals surface area contributed by atoms with Crippen molar-refractivity contribution in [2.45, 2.75) is 63.5 Å².